The Morgan fingerprint density at radius 1 is 1.17 bits per heavy atom. The van der Waals surface area contributed by atoms with E-state index in [0.717, 1.165) is 22.8 Å². The van der Waals surface area contributed by atoms with Crippen molar-refractivity contribution in [2.45, 2.75) is 45.3 Å². The number of aromatic nitrogens is 5. The summed E-state index contributed by atoms with van der Waals surface area (Å²) in [4.78, 5) is 21.6. The van der Waals surface area contributed by atoms with Crippen LogP contribution in [0.2, 0.25) is 0 Å². The molecule has 0 N–H and O–H groups in total. The van der Waals surface area contributed by atoms with Crippen molar-refractivity contribution in [3.8, 4) is 0 Å². The SMILES string of the molecule is Cc1cc(C)n2nc(SCC(=O)c3cc(C)n([C@H]4CCS(=O)(=O)C4)c3C)nc2n1. The third-order valence-corrected chi connectivity index (χ3v) is 7.88. The molecule has 0 spiro atoms. The van der Waals surface area contributed by atoms with Crippen LogP contribution < -0.4 is 0 Å². The van der Waals surface area contributed by atoms with Crippen LogP contribution >= 0.6 is 11.8 Å². The zero-order valence-corrected chi connectivity index (χ0v) is 18.5. The van der Waals surface area contributed by atoms with Gasteiger partial charge in [0, 0.05) is 34.4 Å². The number of carbonyl (C=O) groups is 1. The second kappa shape index (κ2) is 7.24. The molecule has 1 aliphatic rings. The van der Waals surface area contributed by atoms with Crippen molar-refractivity contribution in [1.29, 1.82) is 0 Å². The molecular formula is C19H23N5O3S2. The van der Waals surface area contributed by atoms with Gasteiger partial charge in [-0.25, -0.2) is 17.9 Å². The minimum Gasteiger partial charge on any atom is -0.344 e. The van der Waals surface area contributed by atoms with E-state index in [1.54, 1.807) is 4.52 Å². The molecule has 29 heavy (non-hydrogen) atoms. The summed E-state index contributed by atoms with van der Waals surface area (Å²) in [6, 6.07) is 3.70. The lowest BCUT2D eigenvalue weighted by Crippen LogP contribution is -2.14. The van der Waals surface area contributed by atoms with Crippen molar-refractivity contribution in [2.24, 2.45) is 0 Å². The highest BCUT2D eigenvalue weighted by atomic mass is 32.2. The maximum Gasteiger partial charge on any atom is 0.253 e. The third kappa shape index (κ3) is 3.83. The summed E-state index contributed by atoms with van der Waals surface area (Å²) >= 11 is 1.28. The van der Waals surface area contributed by atoms with Crippen LogP contribution in [-0.2, 0) is 9.84 Å². The normalized spacial score (nSPS) is 18.6. The number of Topliss-reactive ketones (excluding diaryl/α,β-unsaturated/α-hetero) is 1. The molecule has 0 bridgehead atoms. The monoisotopic (exact) mass is 433 g/mol. The number of sulfone groups is 1. The molecule has 0 aromatic carbocycles. The van der Waals surface area contributed by atoms with Gasteiger partial charge >= 0.3 is 0 Å². The van der Waals surface area contributed by atoms with Crippen molar-refractivity contribution in [3.05, 3.63) is 40.5 Å². The zero-order chi connectivity index (χ0) is 20.9. The molecule has 0 radical (unpaired) electrons. The minimum absolute atomic E-state index is 0.0186. The maximum absolute atomic E-state index is 12.9. The number of thioether (sulfide) groups is 1. The van der Waals surface area contributed by atoms with Gasteiger partial charge in [-0.15, -0.1) is 5.10 Å². The third-order valence-electron chi connectivity index (χ3n) is 5.29. The number of nitrogens with zero attached hydrogens (tertiary/aromatic N) is 5. The van der Waals surface area contributed by atoms with Crippen molar-refractivity contribution >= 4 is 33.2 Å². The molecule has 4 heterocycles. The van der Waals surface area contributed by atoms with Crippen LogP contribution in [0.4, 0.5) is 0 Å². The van der Waals surface area contributed by atoms with E-state index < -0.39 is 9.84 Å². The summed E-state index contributed by atoms with van der Waals surface area (Å²) in [5.41, 5.74) is 4.18. The van der Waals surface area contributed by atoms with Crippen LogP contribution in [0.1, 0.15) is 45.6 Å². The lowest BCUT2D eigenvalue weighted by atomic mass is 10.2. The molecule has 3 aromatic rings. The lowest BCUT2D eigenvalue weighted by Gasteiger charge is -2.16. The number of hydrogen-bond donors (Lipinski definition) is 0. The molecule has 0 saturated carbocycles. The first kappa shape index (κ1) is 20.1. The Morgan fingerprint density at radius 3 is 2.62 bits per heavy atom. The Hall–Kier alpha value is -2.20. The fourth-order valence-electron chi connectivity index (χ4n) is 4.02. The Kier molecular flexibility index (Phi) is 5.02. The van der Waals surface area contributed by atoms with Gasteiger partial charge in [0.05, 0.1) is 17.3 Å². The quantitative estimate of drug-likeness (QED) is 0.450. The second-order valence-corrected chi connectivity index (χ2v) is 10.7. The van der Waals surface area contributed by atoms with Crippen molar-refractivity contribution in [2.75, 3.05) is 17.3 Å². The van der Waals surface area contributed by atoms with Crippen LogP contribution in [0, 0.1) is 27.7 Å². The Morgan fingerprint density at radius 2 is 1.93 bits per heavy atom. The lowest BCUT2D eigenvalue weighted by molar-refractivity contribution is 0.102. The van der Waals surface area contributed by atoms with E-state index in [4.69, 9.17) is 0 Å². The highest BCUT2D eigenvalue weighted by Gasteiger charge is 2.31. The van der Waals surface area contributed by atoms with E-state index >= 15 is 0 Å². The van der Waals surface area contributed by atoms with Gasteiger partial charge in [0.1, 0.15) is 0 Å². The molecule has 8 nitrogen and oxygen atoms in total. The van der Waals surface area contributed by atoms with Crippen LogP contribution in [0.25, 0.3) is 5.78 Å². The molecule has 154 valence electrons. The molecular weight excluding hydrogens is 410 g/mol. The average Bonchev–Trinajstić information content (AvgIpc) is 3.28. The summed E-state index contributed by atoms with van der Waals surface area (Å²) in [6.07, 6.45) is 0.595. The van der Waals surface area contributed by atoms with E-state index in [2.05, 4.69) is 15.1 Å². The molecule has 1 saturated heterocycles. The predicted molar refractivity (Wildman–Crippen MR) is 112 cm³/mol. The van der Waals surface area contributed by atoms with Gasteiger partial charge in [-0.05, 0) is 46.2 Å². The van der Waals surface area contributed by atoms with Crippen LogP contribution in [0.15, 0.2) is 17.3 Å². The van der Waals surface area contributed by atoms with Gasteiger partial charge in [-0.1, -0.05) is 11.8 Å². The molecule has 0 aliphatic carbocycles. The van der Waals surface area contributed by atoms with Gasteiger partial charge < -0.3 is 4.57 Å². The summed E-state index contributed by atoms with van der Waals surface area (Å²) < 4.78 is 27.4. The summed E-state index contributed by atoms with van der Waals surface area (Å²) in [5, 5.41) is 4.93. The fourth-order valence-corrected chi connectivity index (χ4v) is 6.42. The van der Waals surface area contributed by atoms with Gasteiger partial charge in [0.15, 0.2) is 15.6 Å². The first-order valence-electron chi connectivity index (χ1n) is 9.40. The second-order valence-electron chi connectivity index (χ2n) is 7.57. The Bertz CT molecular complexity index is 1230. The number of hydrogen-bond acceptors (Lipinski definition) is 7. The van der Waals surface area contributed by atoms with Gasteiger partial charge in [-0.2, -0.15) is 4.98 Å². The average molecular weight is 434 g/mol. The Balaban J connectivity index is 1.52. The number of fused-ring (bicyclic) bond motifs is 1. The number of carbonyl (C=O) groups excluding carboxylic acids is 1. The van der Waals surface area contributed by atoms with Crippen LogP contribution in [0.5, 0.6) is 0 Å². The summed E-state index contributed by atoms with van der Waals surface area (Å²) in [5.74, 6) is 1.07. The molecule has 0 unspecified atom stereocenters. The fraction of sp³-hybridized carbons (Fsp3) is 0.474. The van der Waals surface area contributed by atoms with Gasteiger partial charge in [0.2, 0.25) is 5.16 Å². The van der Waals surface area contributed by atoms with Crippen molar-refractivity contribution < 1.29 is 13.2 Å². The summed E-state index contributed by atoms with van der Waals surface area (Å²) in [7, 11) is -2.99. The maximum atomic E-state index is 12.9. The molecule has 4 rings (SSSR count). The van der Waals surface area contributed by atoms with E-state index in [9.17, 15) is 13.2 Å². The number of aryl methyl sites for hydroxylation is 3. The van der Waals surface area contributed by atoms with E-state index in [-0.39, 0.29) is 29.1 Å². The van der Waals surface area contributed by atoms with Gasteiger partial charge in [0.25, 0.3) is 5.78 Å². The molecule has 1 aliphatic heterocycles. The molecule has 1 atom stereocenters. The summed E-state index contributed by atoms with van der Waals surface area (Å²) in [6.45, 7) is 7.65. The first-order valence-corrected chi connectivity index (χ1v) is 12.2. The van der Waals surface area contributed by atoms with Crippen LogP contribution in [-0.4, -0.2) is 55.6 Å². The first-order chi connectivity index (χ1) is 13.6. The Labute approximate surface area is 173 Å². The number of rotatable bonds is 5. The molecule has 0 amide bonds. The predicted octanol–water partition coefficient (Wildman–Crippen LogP) is 2.49. The minimum atomic E-state index is -2.99. The topological polar surface area (TPSA) is 99.2 Å². The smallest absolute Gasteiger partial charge is 0.253 e. The standard InChI is InChI=1S/C19H23N5O3S2/c1-11-7-13(3)24-18(20-11)21-19(22-24)28-9-17(25)16-8-12(2)23(14(16)4)15-5-6-29(26,27)10-15/h7-8,15H,5-6,9-10H2,1-4H3/t15-/m0/s1. The van der Waals surface area contributed by atoms with Crippen molar-refractivity contribution in [1.82, 2.24) is 24.1 Å². The van der Waals surface area contributed by atoms with Crippen molar-refractivity contribution in [3.63, 3.8) is 0 Å². The molecule has 3 aromatic heterocycles. The van der Waals surface area contributed by atoms with Gasteiger partial charge in [-0.3, -0.25) is 4.79 Å². The van der Waals surface area contributed by atoms with E-state index in [0.29, 0.717) is 22.9 Å². The highest BCUT2D eigenvalue weighted by molar-refractivity contribution is 7.99. The van der Waals surface area contributed by atoms with Crippen LogP contribution in [0.3, 0.4) is 0 Å². The van der Waals surface area contributed by atoms with E-state index in [1.807, 2.05) is 44.4 Å². The van der Waals surface area contributed by atoms with E-state index in [1.165, 1.54) is 11.8 Å². The molecule has 10 heteroatoms. The largest absolute Gasteiger partial charge is 0.344 e. The molecule has 1 fully saturated rings. The number of ketones is 1. The zero-order valence-electron chi connectivity index (χ0n) is 16.8. The highest BCUT2D eigenvalue weighted by Crippen LogP contribution is 2.30.